The number of anilines is 1. The number of fused-ring (bicyclic) bond motifs is 3. The largest absolute Gasteiger partial charge is 0.476 e. The average molecular weight is 444 g/mol. The molecule has 3 N–H and O–H groups in total. The van der Waals surface area contributed by atoms with Crippen molar-refractivity contribution >= 4 is 21.6 Å². The van der Waals surface area contributed by atoms with Crippen LogP contribution < -0.4 is 15.2 Å². The monoisotopic (exact) mass is 443 g/mol. The van der Waals surface area contributed by atoms with Gasteiger partial charge in [0, 0.05) is 11.1 Å². The number of aryl methyl sites for hydroxylation is 1. The molecule has 8 nitrogen and oxygen atoms in total. The number of nitrogens with two attached hydrogens (primary N) is 1. The first-order valence-corrected chi connectivity index (χ1v) is 12.4. The highest BCUT2D eigenvalue weighted by molar-refractivity contribution is 7.91. The van der Waals surface area contributed by atoms with E-state index in [1.165, 1.54) is 28.5 Å². The lowest BCUT2D eigenvalue weighted by Gasteiger charge is -2.30. The molecule has 2 atom stereocenters. The van der Waals surface area contributed by atoms with E-state index in [1.54, 1.807) is 4.68 Å². The third kappa shape index (κ3) is 3.63. The summed E-state index contributed by atoms with van der Waals surface area (Å²) in [4.78, 5) is 13.0. The fourth-order valence-corrected chi connectivity index (χ4v) is 6.05. The maximum atomic E-state index is 13.2. The Balaban J connectivity index is 1.47. The molecule has 2 amide bonds. The first-order chi connectivity index (χ1) is 14.6. The van der Waals surface area contributed by atoms with E-state index in [1.807, 2.05) is 0 Å². The van der Waals surface area contributed by atoms with Gasteiger partial charge in [0.15, 0.2) is 9.92 Å². The molecule has 2 aliphatic carbocycles. The van der Waals surface area contributed by atoms with Crippen LogP contribution >= 0.6 is 0 Å². The molecule has 2 heterocycles. The molecule has 3 aliphatic rings. The number of carbonyl (C=O) groups is 1. The van der Waals surface area contributed by atoms with Gasteiger partial charge in [0.1, 0.15) is 4.90 Å². The maximum absolute atomic E-state index is 13.2. The van der Waals surface area contributed by atoms with E-state index < -0.39 is 15.9 Å². The van der Waals surface area contributed by atoms with E-state index in [0.717, 1.165) is 37.8 Å². The summed E-state index contributed by atoms with van der Waals surface area (Å²) in [6, 6.07) is 1.61. The maximum Gasteiger partial charge on any atom is 0.354 e. The van der Waals surface area contributed by atoms with Gasteiger partial charge in [-0.2, -0.15) is 5.10 Å². The van der Waals surface area contributed by atoms with Gasteiger partial charge in [-0.15, -0.1) is 4.36 Å². The van der Waals surface area contributed by atoms with Crippen molar-refractivity contribution in [3.05, 3.63) is 34.5 Å². The molecule has 1 aromatic carbocycles. The number of rotatable bonds is 2. The van der Waals surface area contributed by atoms with Crippen molar-refractivity contribution < 1.29 is 13.7 Å². The smallest absolute Gasteiger partial charge is 0.354 e. The van der Waals surface area contributed by atoms with Crippen LogP contribution in [0.15, 0.2) is 21.5 Å². The van der Waals surface area contributed by atoms with Crippen molar-refractivity contribution in [1.82, 2.24) is 9.78 Å². The second-order valence-corrected chi connectivity index (χ2v) is 11.7. The van der Waals surface area contributed by atoms with Crippen LogP contribution in [0.1, 0.15) is 49.4 Å². The quantitative estimate of drug-likeness (QED) is 0.740. The topological polar surface area (TPSA) is 112 Å². The van der Waals surface area contributed by atoms with Crippen molar-refractivity contribution in [2.45, 2.75) is 64.3 Å². The summed E-state index contributed by atoms with van der Waals surface area (Å²) < 4.78 is 24.5. The summed E-state index contributed by atoms with van der Waals surface area (Å²) in [7, 11) is -3.50. The minimum absolute atomic E-state index is 0.0918. The van der Waals surface area contributed by atoms with Gasteiger partial charge >= 0.3 is 6.03 Å². The molecule has 0 unspecified atom stereocenters. The van der Waals surface area contributed by atoms with Crippen LogP contribution in [0, 0.1) is 11.3 Å². The lowest BCUT2D eigenvalue weighted by Crippen LogP contribution is -2.33. The Bertz CT molecular complexity index is 1210. The van der Waals surface area contributed by atoms with Crippen LogP contribution in [0.4, 0.5) is 10.5 Å². The van der Waals surface area contributed by atoms with Gasteiger partial charge in [-0.25, -0.2) is 18.8 Å². The number of nitrogens with zero attached hydrogens (tertiary/aromatic N) is 3. The Morgan fingerprint density at radius 1 is 1.32 bits per heavy atom. The molecule has 166 valence electrons. The number of hydrogen-bond donors (Lipinski definition) is 2. The van der Waals surface area contributed by atoms with Crippen molar-refractivity contribution in [1.29, 1.82) is 0 Å². The van der Waals surface area contributed by atoms with Crippen LogP contribution in [-0.4, -0.2) is 26.6 Å². The SMILES string of the molecule is C[C@@H]1Cc2cc3c(c(NC(=O)N=[S@@](N)(=O)c4cnn5c4OCC(C)(C)C5)c2C1)CCC3. The number of urea groups is 1. The van der Waals surface area contributed by atoms with Gasteiger partial charge in [-0.05, 0) is 60.3 Å². The fraction of sp³-hybridized carbons (Fsp3) is 0.545. The second kappa shape index (κ2) is 7.06. The fourth-order valence-electron chi connectivity index (χ4n) is 5.05. The molecule has 5 rings (SSSR count). The lowest BCUT2D eigenvalue weighted by atomic mass is 9.94. The molecule has 0 saturated carbocycles. The zero-order valence-corrected chi connectivity index (χ0v) is 19.1. The molecule has 1 aliphatic heterocycles. The minimum atomic E-state index is -3.50. The van der Waals surface area contributed by atoms with Gasteiger partial charge in [0.05, 0.1) is 19.3 Å². The Hall–Kier alpha value is -2.39. The van der Waals surface area contributed by atoms with Crippen LogP contribution in [0.5, 0.6) is 5.88 Å². The molecular formula is C22H29N5O3S. The van der Waals surface area contributed by atoms with Crippen LogP contribution in [0.3, 0.4) is 0 Å². The molecule has 0 fully saturated rings. The third-order valence-corrected chi connectivity index (χ3v) is 7.77. The molecule has 0 saturated heterocycles. The average Bonchev–Trinajstić information content (AvgIpc) is 3.37. The van der Waals surface area contributed by atoms with E-state index in [0.29, 0.717) is 24.9 Å². The Labute approximate surface area is 182 Å². The number of carbonyl (C=O) groups excluding carboxylic acids is 1. The van der Waals surface area contributed by atoms with Crippen LogP contribution in [-0.2, 0) is 42.1 Å². The number of benzene rings is 1. The van der Waals surface area contributed by atoms with Crippen LogP contribution in [0.25, 0.3) is 0 Å². The first-order valence-electron chi connectivity index (χ1n) is 10.8. The van der Waals surface area contributed by atoms with E-state index in [9.17, 15) is 9.00 Å². The highest BCUT2D eigenvalue weighted by atomic mass is 32.2. The minimum Gasteiger partial charge on any atom is -0.476 e. The second-order valence-electron chi connectivity index (χ2n) is 9.91. The molecular weight excluding hydrogens is 414 g/mol. The number of ether oxygens (including phenoxy) is 1. The summed E-state index contributed by atoms with van der Waals surface area (Å²) in [5.74, 6) is 0.878. The lowest BCUT2D eigenvalue weighted by molar-refractivity contribution is 0.0972. The van der Waals surface area contributed by atoms with Crippen molar-refractivity contribution in [3.8, 4) is 5.88 Å². The van der Waals surface area contributed by atoms with Gasteiger partial charge in [0.2, 0.25) is 5.88 Å². The van der Waals surface area contributed by atoms with E-state index in [-0.39, 0.29) is 10.3 Å². The third-order valence-electron chi connectivity index (χ3n) is 6.42. The summed E-state index contributed by atoms with van der Waals surface area (Å²) in [5, 5.41) is 13.2. The zero-order valence-electron chi connectivity index (χ0n) is 18.2. The van der Waals surface area contributed by atoms with Crippen molar-refractivity contribution in [2.75, 3.05) is 11.9 Å². The van der Waals surface area contributed by atoms with Gasteiger partial charge in [-0.3, -0.25) is 0 Å². The molecule has 0 spiro atoms. The van der Waals surface area contributed by atoms with Crippen molar-refractivity contribution in [2.24, 2.45) is 20.8 Å². The van der Waals surface area contributed by atoms with Gasteiger partial charge in [-0.1, -0.05) is 26.8 Å². The predicted octanol–water partition coefficient (Wildman–Crippen LogP) is 3.46. The molecule has 2 aromatic rings. The first kappa shape index (κ1) is 20.5. The molecule has 9 heteroatoms. The number of amides is 2. The van der Waals surface area contributed by atoms with Crippen molar-refractivity contribution in [3.63, 3.8) is 0 Å². The summed E-state index contributed by atoms with van der Waals surface area (Å²) in [6.45, 7) is 7.41. The number of aromatic nitrogens is 2. The molecule has 1 aromatic heterocycles. The number of nitrogens with one attached hydrogen (secondary N) is 1. The van der Waals surface area contributed by atoms with Crippen LogP contribution in [0.2, 0.25) is 0 Å². The molecule has 0 bridgehead atoms. The highest BCUT2D eigenvalue weighted by Crippen LogP contribution is 2.40. The summed E-state index contributed by atoms with van der Waals surface area (Å²) in [6.07, 6.45) is 6.39. The zero-order chi connectivity index (χ0) is 22.0. The Morgan fingerprint density at radius 2 is 2.13 bits per heavy atom. The van der Waals surface area contributed by atoms with Gasteiger partial charge in [0.25, 0.3) is 0 Å². The normalized spacial score (nSPS) is 22.6. The molecule has 31 heavy (non-hydrogen) atoms. The predicted molar refractivity (Wildman–Crippen MR) is 119 cm³/mol. The van der Waals surface area contributed by atoms with E-state index >= 15 is 0 Å². The molecule has 0 radical (unpaired) electrons. The Morgan fingerprint density at radius 3 is 2.94 bits per heavy atom. The summed E-state index contributed by atoms with van der Waals surface area (Å²) in [5.41, 5.74) is 5.75. The Kier molecular flexibility index (Phi) is 4.67. The van der Waals surface area contributed by atoms with Gasteiger partial charge < -0.3 is 10.1 Å². The summed E-state index contributed by atoms with van der Waals surface area (Å²) >= 11 is 0. The number of hydrogen-bond acceptors (Lipinski definition) is 4. The van der Waals surface area contributed by atoms with E-state index in [4.69, 9.17) is 9.88 Å². The van der Waals surface area contributed by atoms with E-state index in [2.05, 4.69) is 41.6 Å². The standard InChI is InChI=1S/C22H29N5O3S/c1-13-7-15-9-14-5-4-6-16(14)19(17(15)8-13)25-21(28)26-31(23,29)18-10-24-27-11-22(2,3)12-30-20(18)27/h9-10,13H,4-8,11-12H2,1-3H3,(H3,23,25,26,28,29)/t13-,31-/m1/s1. The highest BCUT2D eigenvalue weighted by Gasteiger charge is 2.32.